The summed E-state index contributed by atoms with van der Waals surface area (Å²) >= 11 is 17.4. The molecule has 2 amide bonds. The molecule has 0 saturated heterocycles. The lowest BCUT2D eigenvalue weighted by atomic mass is 10.1. The second-order valence-corrected chi connectivity index (χ2v) is 9.88. The average Bonchev–Trinajstić information content (AvgIpc) is 2.73. The minimum absolute atomic E-state index is 0.105. The molecule has 2 aromatic carbocycles. The summed E-state index contributed by atoms with van der Waals surface area (Å²) in [6.45, 7) is 4.81. The molecular weight excluding hydrogens is 519 g/mol. The van der Waals surface area contributed by atoms with Gasteiger partial charge in [0.05, 0.1) is 5.75 Å². The zero-order valence-corrected chi connectivity index (χ0v) is 21.6. The molecule has 1 atom stereocenters. The van der Waals surface area contributed by atoms with Gasteiger partial charge in [0.25, 0.3) is 0 Å². The van der Waals surface area contributed by atoms with Gasteiger partial charge in [-0.1, -0.05) is 70.7 Å². The molecule has 0 heterocycles. The smallest absolute Gasteiger partial charge is 0.242 e. The van der Waals surface area contributed by atoms with E-state index in [0.29, 0.717) is 28.9 Å². The monoisotopic (exact) mass is 544 g/mol. The number of nitrogens with one attached hydrogen (secondary N) is 1. The number of hydrogen-bond donors (Lipinski definition) is 1. The largest absolute Gasteiger partial charge is 0.354 e. The van der Waals surface area contributed by atoms with Crippen molar-refractivity contribution in [3.8, 4) is 0 Å². The SMILES string of the molecule is CCCCNC(=O)C(C)N(Cc1cccc(Br)c1)C(=O)CSCc1c(Cl)cccc1Cl. The van der Waals surface area contributed by atoms with E-state index in [9.17, 15) is 9.59 Å². The predicted octanol–water partition coefficient (Wildman–Crippen LogP) is 6.32. The second-order valence-electron chi connectivity index (χ2n) is 7.17. The fourth-order valence-electron chi connectivity index (χ4n) is 2.94. The fourth-order valence-corrected chi connectivity index (χ4v) is 5.04. The molecule has 2 aromatic rings. The van der Waals surface area contributed by atoms with Crippen LogP contribution in [0.3, 0.4) is 0 Å². The summed E-state index contributed by atoms with van der Waals surface area (Å²) in [5, 5.41) is 4.10. The molecule has 0 bridgehead atoms. The Morgan fingerprint density at radius 3 is 2.48 bits per heavy atom. The maximum Gasteiger partial charge on any atom is 0.242 e. The Morgan fingerprint density at radius 1 is 1.16 bits per heavy atom. The maximum atomic E-state index is 13.1. The van der Waals surface area contributed by atoms with Crippen molar-refractivity contribution in [3.63, 3.8) is 0 Å². The number of rotatable bonds is 11. The van der Waals surface area contributed by atoms with Crippen LogP contribution in [0.5, 0.6) is 0 Å². The molecule has 1 N–H and O–H groups in total. The van der Waals surface area contributed by atoms with Gasteiger partial charge in [-0.25, -0.2) is 0 Å². The Labute approximate surface area is 207 Å². The molecule has 0 aromatic heterocycles. The molecule has 0 aliphatic rings. The third-order valence-electron chi connectivity index (χ3n) is 4.77. The molecule has 0 spiro atoms. The van der Waals surface area contributed by atoms with Crippen LogP contribution in [0, 0.1) is 0 Å². The van der Waals surface area contributed by atoms with E-state index in [4.69, 9.17) is 23.2 Å². The summed E-state index contributed by atoms with van der Waals surface area (Å²) in [5.74, 6) is 0.496. The first-order valence-electron chi connectivity index (χ1n) is 10.2. The summed E-state index contributed by atoms with van der Waals surface area (Å²) in [6.07, 6.45) is 1.91. The number of benzene rings is 2. The van der Waals surface area contributed by atoms with Gasteiger partial charge in [0.2, 0.25) is 11.8 Å². The minimum atomic E-state index is -0.576. The van der Waals surface area contributed by atoms with Crippen molar-refractivity contribution in [2.45, 2.75) is 45.0 Å². The number of nitrogens with zero attached hydrogens (tertiary/aromatic N) is 1. The van der Waals surface area contributed by atoms with Crippen molar-refractivity contribution in [1.29, 1.82) is 0 Å². The maximum absolute atomic E-state index is 13.1. The van der Waals surface area contributed by atoms with E-state index in [-0.39, 0.29) is 17.6 Å². The molecular formula is C23H27BrCl2N2O2S. The van der Waals surface area contributed by atoms with Gasteiger partial charge in [-0.2, -0.15) is 0 Å². The lowest BCUT2D eigenvalue weighted by Crippen LogP contribution is -2.48. The summed E-state index contributed by atoms with van der Waals surface area (Å²) in [4.78, 5) is 27.4. The Balaban J connectivity index is 2.08. The van der Waals surface area contributed by atoms with E-state index in [1.165, 1.54) is 11.8 Å². The zero-order chi connectivity index (χ0) is 22.8. The Kier molecular flexibility index (Phi) is 11.2. The molecule has 8 heteroatoms. The number of amides is 2. The number of carbonyl (C=O) groups excluding carboxylic acids is 2. The summed E-state index contributed by atoms with van der Waals surface area (Å²) in [5.41, 5.74) is 1.77. The van der Waals surface area contributed by atoms with Crippen molar-refractivity contribution >= 4 is 62.7 Å². The van der Waals surface area contributed by atoms with E-state index >= 15 is 0 Å². The molecule has 0 aliphatic heterocycles. The summed E-state index contributed by atoms with van der Waals surface area (Å²) in [6, 6.07) is 12.5. The highest BCUT2D eigenvalue weighted by molar-refractivity contribution is 9.10. The van der Waals surface area contributed by atoms with Gasteiger partial charge in [-0.3, -0.25) is 9.59 Å². The van der Waals surface area contributed by atoms with Crippen molar-refractivity contribution in [2.24, 2.45) is 0 Å². The molecule has 1 unspecified atom stereocenters. The molecule has 31 heavy (non-hydrogen) atoms. The second kappa shape index (κ2) is 13.4. The first-order valence-corrected chi connectivity index (χ1v) is 12.9. The van der Waals surface area contributed by atoms with Crippen LogP contribution in [0.15, 0.2) is 46.9 Å². The number of carbonyl (C=O) groups is 2. The van der Waals surface area contributed by atoms with Gasteiger partial charge < -0.3 is 10.2 Å². The molecule has 168 valence electrons. The lowest BCUT2D eigenvalue weighted by molar-refractivity contribution is -0.138. The van der Waals surface area contributed by atoms with Crippen LogP contribution < -0.4 is 5.32 Å². The van der Waals surface area contributed by atoms with E-state index < -0.39 is 6.04 Å². The van der Waals surface area contributed by atoms with Crippen LogP contribution >= 0.6 is 50.9 Å². The van der Waals surface area contributed by atoms with E-state index in [1.54, 1.807) is 30.0 Å². The van der Waals surface area contributed by atoms with Gasteiger partial charge in [-0.05, 0) is 48.7 Å². The number of hydrogen-bond acceptors (Lipinski definition) is 3. The van der Waals surface area contributed by atoms with Crippen molar-refractivity contribution in [2.75, 3.05) is 12.3 Å². The van der Waals surface area contributed by atoms with Crippen LogP contribution in [0.4, 0.5) is 0 Å². The number of halogens is 3. The summed E-state index contributed by atoms with van der Waals surface area (Å²) in [7, 11) is 0. The van der Waals surface area contributed by atoms with Crippen LogP contribution in [0.25, 0.3) is 0 Å². The van der Waals surface area contributed by atoms with Gasteiger partial charge in [0.15, 0.2) is 0 Å². The lowest BCUT2D eigenvalue weighted by Gasteiger charge is -2.29. The molecule has 0 saturated carbocycles. The van der Waals surface area contributed by atoms with E-state index in [1.807, 2.05) is 24.3 Å². The first kappa shape index (κ1) is 26.0. The quantitative estimate of drug-likeness (QED) is 0.336. The standard InChI is InChI=1S/C23H27BrCl2N2O2S/c1-3-4-11-27-23(30)16(2)28(13-17-7-5-8-18(24)12-17)22(29)15-31-14-19-20(25)9-6-10-21(19)26/h5-10,12,16H,3-4,11,13-15H2,1-2H3,(H,27,30). The van der Waals surface area contributed by atoms with Crippen LogP contribution in [-0.4, -0.2) is 35.1 Å². The number of unbranched alkanes of at least 4 members (excludes halogenated alkanes) is 1. The highest BCUT2D eigenvalue weighted by Gasteiger charge is 2.26. The molecule has 4 nitrogen and oxygen atoms in total. The van der Waals surface area contributed by atoms with Crippen molar-refractivity contribution < 1.29 is 9.59 Å². The third-order valence-corrected chi connectivity index (χ3v) is 6.92. The Bertz CT molecular complexity index is 877. The van der Waals surface area contributed by atoms with Crippen molar-refractivity contribution in [1.82, 2.24) is 10.2 Å². The molecule has 0 radical (unpaired) electrons. The van der Waals surface area contributed by atoms with Crippen LogP contribution in [-0.2, 0) is 21.9 Å². The zero-order valence-electron chi connectivity index (χ0n) is 17.7. The van der Waals surface area contributed by atoms with Crippen LogP contribution in [0.1, 0.15) is 37.8 Å². The highest BCUT2D eigenvalue weighted by Crippen LogP contribution is 2.28. The summed E-state index contributed by atoms with van der Waals surface area (Å²) < 4.78 is 0.931. The third kappa shape index (κ3) is 8.33. The average molecular weight is 546 g/mol. The first-order chi connectivity index (χ1) is 14.8. The predicted molar refractivity (Wildman–Crippen MR) is 135 cm³/mol. The minimum Gasteiger partial charge on any atom is -0.354 e. The highest BCUT2D eigenvalue weighted by atomic mass is 79.9. The molecule has 0 aliphatic carbocycles. The van der Waals surface area contributed by atoms with Gasteiger partial charge in [0, 0.05) is 33.4 Å². The fraction of sp³-hybridized carbons (Fsp3) is 0.391. The van der Waals surface area contributed by atoms with E-state index in [0.717, 1.165) is 28.4 Å². The van der Waals surface area contributed by atoms with Crippen molar-refractivity contribution in [3.05, 3.63) is 68.1 Å². The Morgan fingerprint density at radius 2 is 1.84 bits per heavy atom. The van der Waals surface area contributed by atoms with Crippen LogP contribution in [0.2, 0.25) is 10.0 Å². The topological polar surface area (TPSA) is 49.4 Å². The van der Waals surface area contributed by atoms with Gasteiger partial charge in [0.1, 0.15) is 6.04 Å². The van der Waals surface area contributed by atoms with E-state index in [2.05, 4.69) is 28.2 Å². The Hall–Kier alpha value is -1.21. The molecule has 0 fully saturated rings. The van der Waals surface area contributed by atoms with Gasteiger partial charge in [-0.15, -0.1) is 11.8 Å². The molecule has 2 rings (SSSR count). The normalized spacial score (nSPS) is 11.8. The van der Waals surface area contributed by atoms with Gasteiger partial charge >= 0.3 is 0 Å². The number of thioether (sulfide) groups is 1.